The van der Waals surface area contributed by atoms with E-state index < -0.39 is 49.3 Å². The van der Waals surface area contributed by atoms with Gasteiger partial charge in [-0.1, -0.05) is 5.11 Å². The minimum Gasteiger partial charge on any atom is -0.369 e. The van der Waals surface area contributed by atoms with E-state index >= 15 is 0 Å². The number of nitrogens with one attached hydrogen (secondary N) is 1. The van der Waals surface area contributed by atoms with Crippen LogP contribution in [0.3, 0.4) is 0 Å². The largest absolute Gasteiger partial charge is 0.369 e. The third kappa shape index (κ3) is 5.31. The maximum atomic E-state index is 12.5. The highest BCUT2D eigenvalue weighted by Crippen LogP contribution is 2.48. The average molecular weight is 416 g/mol. The zero-order valence-electron chi connectivity index (χ0n) is 15.3. The van der Waals surface area contributed by atoms with Gasteiger partial charge in [0.1, 0.15) is 12.4 Å². The summed E-state index contributed by atoms with van der Waals surface area (Å²) in [5.74, 6) is -0.858. The van der Waals surface area contributed by atoms with Crippen LogP contribution in [-0.2, 0) is 23.1 Å². The van der Waals surface area contributed by atoms with Crippen molar-refractivity contribution in [2.24, 2.45) is 10.8 Å². The van der Waals surface area contributed by atoms with Crippen LogP contribution in [0.1, 0.15) is 25.1 Å². The summed E-state index contributed by atoms with van der Waals surface area (Å²) in [5, 5.41) is 3.62. The zero-order chi connectivity index (χ0) is 20.9. The molecular formula is C14H21N6O7P. The smallest absolute Gasteiger partial charge is 0.340 e. The molecule has 0 saturated carbocycles. The lowest BCUT2D eigenvalue weighted by Gasteiger charge is -2.21. The number of ether oxygens (including phenoxy) is 1. The van der Waals surface area contributed by atoms with Crippen molar-refractivity contribution in [1.29, 1.82) is 0 Å². The van der Waals surface area contributed by atoms with Gasteiger partial charge in [0.05, 0.1) is 25.4 Å². The monoisotopic (exact) mass is 416 g/mol. The number of nitrogens with two attached hydrogens (primary N) is 1. The molecule has 14 heteroatoms. The first-order valence-corrected chi connectivity index (χ1v) is 10.1. The van der Waals surface area contributed by atoms with Crippen LogP contribution >= 0.6 is 7.60 Å². The SMILES string of the molecule is CCOP(=O)(CC(N)=O)OC[C@H]1O[C@@H](n2cc(C)c(=O)[nH]c2=O)C[C@@H]1N=[N+]=[N-]. The van der Waals surface area contributed by atoms with Crippen LogP contribution in [0, 0.1) is 6.92 Å². The molecule has 1 aliphatic rings. The van der Waals surface area contributed by atoms with Crippen LogP contribution in [0.15, 0.2) is 20.9 Å². The van der Waals surface area contributed by atoms with E-state index in [9.17, 15) is 18.9 Å². The predicted molar refractivity (Wildman–Crippen MR) is 96.8 cm³/mol. The van der Waals surface area contributed by atoms with Gasteiger partial charge in [-0.2, -0.15) is 0 Å². The van der Waals surface area contributed by atoms with Gasteiger partial charge in [0, 0.05) is 23.1 Å². The van der Waals surface area contributed by atoms with E-state index in [2.05, 4.69) is 15.0 Å². The topological polar surface area (TPSA) is 191 Å². The number of aromatic amines is 1. The molecule has 0 aromatic carbocycles. The van der Waals surface area contributed by atoms with Gasteiger partial charge in [-0.3, -0.25) is 23.7 Å². The number of carbonyl (C=O) groups excluding carboxylic acids is 1. The number of carbonyl (C=O) groups is 1. The van der Waals surface area contributed by atoms with E-state index in [1.54, 1.807) is 6.92 Å². The number of nitrogens with zero attached hydrogens (tertiary/aromatic N) is 4. The van der Waals surface area contributed by atoms with Gasteiger partial charge < -0.3 is 19.5 Å². The third-order valence-corrected chi connectivity index (χ3v) is 5.86. The van der Waals surface area contributed by atoms with Crippen LogP contribution in [0.5, 0.6) is 0 Å². The van der Waals surface area contributed by atoms with Crippen molar-refractivity contribution < 1.29 is 23.1 Å². The predicted octanol–water partition coefficient (Wildman–Crippen LogP) is 0.543. The fourth-order valence-electron chi connectivity index (χ4n) is 2.73. The molecule has 4 atom stereocenters. The molecule has 1 aromatic heterocycles. The summed E-state index contributed by atoms with van der Waals surface area (Å²) >= 11 is 0. The number of primary amides is 1. The molecule has 0 spiro atoms. The quantitative estimate of drug-likeness (QED) is 0.254. The highest BCUT2D eigenvalue weighted by atomic mass is 31.2. The number of aryl methyl sites for hydroxylation is 1. The number of rotatable bonds is 9. The second-order valence-corrected chi connectivity index (χ2v) is 8.12. The second-order valence-electron chi connectivity index (χ2n) is 6.06. The molecule has 28 heavy (non-hydrogen) atoms. The van der Waals surface area contributed by atoms with Gasteiger partial charge >= 0.3 is 13.3 Å². The molecule has 1 unspecified atom stereocenters. The van der Waals surface area contributed by atoms with Crippen LogP contribution < -0.4 is 17.0 Å². The van der Waals surface area contributed by atoms with Crippen LogP contribution in [0.4, 0.5) is 0 Å². The molecule has 0 aliphatic carbocycles. The molecule has 1 aromatic rings. The maximum absolute atomic E-state index is 12.5. The Hall–Kier alpha value is -2.43. The summed E-state index contributed by atoms with van der Waals surface area (Å²) < 4.78 is 29.7. The van der Waals surface area contributed by atoms with Crippen molar-refractivity contribution in [2.75, 3.05) is 19.4 Å². The molecule has 1 fully saturated rings. The maximum Gasteiger partial charge on any atom is 0.340 e. The van der Waals surface area contributed by atoms with E-state index in [1.807, 2.05) is 0 Å². The van der Waals surface area contributed by atoms with Crippen molar-refractivity contribution >= 4 is 13.5 Å². The molecule has 1 aliphatic heterocycles. The minimum atomic E-state index is -3.79. The molecule has 1 saturated heterocycles. The summed E-state index contributed by atoms with van der Waals surface area (Å²) in [6.45, 7) is 2.82. The lowest BCUT2D eigenvalue weighted by Crippen LogP contribution is -2.33. The van der Waals surface area contributed by atoms with Crippen molar-refractivity contribution in [3.05, 3.63) is 43.0 Å². The van der Waals surface area contributed by atoms with Gasteiger partial charge in [0.15, 0.2) is 0 Å². The van der Waals surface area contributed by atoms with Gasteiger partial charge in [0.2, 0.25) is 5.91 Å². The lowest BCUT2D eigenvalue weighted by molar-refractivity contribution is -0.116. The Kier molecular flexibility index (Phi) is 7.17. The minimum absolute atomic E-state index is 0.0323. The first-order valence-electron chi connectivity index (χ1n) is 8.37. The van der Waals surface area contributed by atoms with Crippen molar-refractivity contribution in [3.8, 4) is 0 Å². The molecule has 0 bridgehead atoms. The van der Waals surface area contributed by atoms with E-state index in [0.717, 1.165) is 0 Å². The van der Waals surface area contributed by atoms with E-state index in [1.165, 1.54) is 17.7 Å². The first-order chi connectivity index (χ1) is 13.2. The standard InChI is InChI=1S/C14H21N6O7P/c1-3-25-28(24,7-11(15)21)26-6-10-9(18-19-16)4-12(27-10)20-5-8(2)13(22)17-14(20)23/h5,9-10,12H,3-4,6-7H2,1-2H3,(H2,15,21)(H,17,22,23)/t9-,10+,12+,28?/m0/s1. The number of hydrogen-bond acceptors (Lipinski definition) is 8. The normalized spacial score (nSPS) is 23.7. The molecule has 13 nitrogen and oxygen atoms in total. The molecule has 2 rings (SSSR count). The molecule has 2 heterocycles. The number of hydrogen-bond donors (Lipinski definition) is 2. The van der Waals surface area contributed by atoms with E-state index in [4.69, 9.17) is 25.0 Å². The summed E-state index contributed by atoms with van der Waals surface area (Å²) in [6.07, 6.45) is -0.850. The number of azide groups is 1. The van der Waals surface area contributed by atoms with Crippen molar-refractivity contribution in [2.45, 2.75) is 38.6 Å². The van der Waals surface area contributed by atoms with Crippen LogP contribution in [0.25, 0.3) is 10.4 Å². The van der Waals surface area contributed by atoms with Gasteiger partial charge in [-0.15, -0.1) is 0 Å². The number of aromatic nitrogens is 2. The number of H-pyrrole nitrogens is 1. The summed E-state index contributed by atoms with van der Waals surface area (Å²) in [5.41, 5.74) is 12.9. The summed E-state index contributed by atoms with van der Waals surface area (Å²) in [4.78, 5) is 39.6. The van der Waals surface area contributed by atoms with Crippen molar-refractivity contribution in [1.82, 2.24) is 9.55 Å². The Morgan fingerprint density at radius 3 is 2.86 bits per heavy atom. The highest BCUT2D eigenvalue weighted by molar-refractivity contribution is 7.54. The Bertz CT molecular complexity index is 937. The van der Waals surface area contributed by atoms with Crippen LogP contribution in [-0.4, -0.2) is 47.0 Å². The zero-order valence-corrected chi connectivity index (χ0v) is 16.2. The fourth-order valence-corrected chi connectivity index (χ4v) is 4.13. The highest BCUT2D eigenvalue weighted by Gasteiger charge is 2.38. The lowest BCUT2D eigenvalue weighted by atomic mass is 10.1. The Labute approximate surface area is 158 Å². The second kappa shape index (κ2) is 9.18. The van der Waals surface area contributed by atoms with Gasteiger partial charge in [-0.05, 0) is 19.4 Å². The average Bonchev–Trinajstić information content (AvgIpc) is 2.99. The Morgan fingerprint density at radius 2 is 2.25 bits per heavy atom. The summed E-state index contributed by atoms with van der Waals surface area (Å²) in [7, 11) is -3.79. The molecule has 154 valence electrons. The molecule has 1 amide bonds. The van der Waals surface area contributed by atoms with E-state index in [-0.39, 0.29) is 19.6 Å². The van der Waals surface area contributed by atoms with Crippen LogP contribution in [0.2, 0.25) is 0 Å². The summed E-state index contributed by atoms with van der Waals surface area (Å²) in [6, 6.07) is -0.738. The molecule has 3 N–H and O–H groups in total. The molecular weight excluding hydrogens is 395 g/mol. The van der Waals surface area contributed by atoms with Crippen molar-refractivity contribution in [3.63, 3.8) is 0 Å². The van der Waals surface area contributed by atoms with Gasteiger partial charge in [-0.25, -0.2) is 4.79 Å². The Balaban J connectivity index is 2.20. The molecule has 0 radical (unpaired) electrons. The van der Waals surface area contributed by atoms with Gasteiger partial charge in [0.25, 0.3) is 5.56 Å². The Morgan fingerprint density at radius 1 is 1.54 bits per heavy atom. The first kappa shape index (κ1) is 21.9. The fraction of sp³-hybridized carbons (Fsp3) is 0.643. The number of amides is 1. The van der Waals surface area contributed by atoms with E-state index in [0.29, 0.717) is 5.56 Å². The third-order valence-electron chi connectivity index (χ3n) is 3.97.